The van der Waals surface area contributed by atoms with Gasteiger partial charge in [-0.1, -0.05) is 32.9 Å². The van der Waals surface area contributed by atoms with E-state index in [-0.39, 0.29) is 10.1 Å². The van der Waals surface area contributed by atoms with E-state index < -0.39 is 0 Å². The van der Waals surface area contributed by atoms with E-state index in [1.54, 1.807) is 7.11 Å². The Kier molecular flexibility index (Phi) is 5.00. The highest BCUT2D eigenvalue weighted by molar-refractivity contribution is 8.00. The predicted octanol–water partition coefficient (Wildman–Crippen LogP) is 4.51. The fourth-order valence-electron chi connectivity index (χ4n) is 1.23. The molecule has 0 saturated carbocycles. The van der Waals surface area contributed by atoms with Crippen LogP contribution in [-0.2, 0) is 0 Å². The van der Waals surface area contributed by atoms with Crippen LogP contribution in [0.3, 0.4) is 0 Å². The quantitative estimate of drug-likeness (QED) is 0.735. The Morgan fingerprint density at radius 2 is 1.81 bits per heavy atom. The third-order valence-corrected chi connectivity index (χ3v) is 4.10. The lowest BCUT2D eigenvalue weighted by Crippen LogP contribution is -2.10. The van der Waals surface area contributed by atoms with Crippen molar-refractivity contribution in [3.05, 3.63) is 29.8 Å². The molecule has 0 radical (unpaired) electrons. The van der Waals surface area contributed by atoms with E-state index in [1.807, 2.05) is 36.0 Å². The van der Waals surface area contributed by atoms with Crippen molar-refractivity contribution in [3.8, 4) is 5.75 Å². The fourth-order valence-corrected chi connectivity index (χ4v) is 2.41. The SMILES string of the molecule is COc1ccc(C(Cl)CSC(C)(C)C)cc1. The Labute approximate surface area is 108 Å². The highest BCUT2D eigenvalue weighted by Gasteiger charge is 2.15. The molecule has 1 unspecified atom stereocenters. The van der Waals surface area contributed by atoms with Gasteiger partial charge < -0.3 is 4.74 Å². The van der Waals surface area contributed by atoms with Gasteiger partial charge in [-0.05, 0) is 17.7 Å². The molecular weight excluding hydrogens is 240 g/mol. The first-order chi connectivity index (χ1) is 7.42. The third-order valence-electron chi connectivity index (χ3n) is 2.14. The Morgan fingerprint density at radius 1 is 1.25 bits per heavy atom. The molecule has 90 valence electrons. The van der Waals surface area contributed by atoms with Crippen LogP contribution in [0.15, 0.2) is 24.3 Å². The molecule has 0 aromatic heterocycles. The Balaban J connectivity index is 2.56. The van der Waals surface area contributed by atoms with E-state index in [0.717, 1.165) is 17.1 Å². The summed E-state index contributed by atoms with van der Waals surface area (Å²) in [7, 11) is 1.67. The first kappa shape index (κ1) is 13.7. The smallest absolute Gasteiger partial charge is 0.118 e. The summed E-state index contributed by atoms with van der Waals surface area (Å²) in [5, 5.41) is 0.0649. The maximum atomic E-state index is 6.35. The molecular formula is C13H19ClOS. The van der Waals surface area contributed by atoms with Crippen LogP contribution in [0.4, 0.5) is 0 Å². The number of halogens is 1. The van der Waals surface area contributed by atoms with E-state index in [1.165, 1.54) is 0 Å². The first-order valence-electron chi connectivity index (χ1n) is 5.34. The normalized spacial score (nSPS) is 13.6. The number of rotatable bonds is 4. The second-order valence-corrected chi connectivity index (χ2v) is 7.04. The number of benzene rings is 1. The summed E-state index contributed by atoms with van der Waals surface area (Å²) < 4.78 is 5.38. The predicted molar refractivity (Wildman–Crippen MR) is 73.8 cm³/mol. The number of alkyl halides is 1. The van der Waals surface area contributed by atoms with Gasteiger partial charge in [0.1, 0.15) is 5.75 Å². The van der Waals surface area contributed by atoms with Gasteiger partial charge in [0.2, 0.25) is 0 Å². The average Bonchev–Trinajstić information content (AvgIpc) is 2.25. The van der Waals surface area contributed by atoms with E-state index in [0.29, 0.717) is 0 Å². The summed E-state index contributed by atoms with van der Waals surface area (Å²) in [6.07, 6.45) is 0. The van der Waals surface area contributed by atoms with Crippen LogP contribution in [-0.4, -0.2) is 17.6 Å². The maximum absolute atomic E-state index is 6.35. The molecule has 0 fully saturated rings. The molecule has 1 aromatic carbocycles. The van der Waals surface area contributed by atoms with E-state index in [9.17, 15) is 0 Å². The molecule has 0 amide bonds. The minimum absolute atomic E-state index is 0.0649. The lowest BCUT2D eigenvalue weighted by atomic mass is 10.1. The Morgan fingerprint density at radius 3 is 2.25 bits per heavy atom. The van der Waals surface area contributed by atoms with Crippen molar-refractivity contribution in [1.29, 1.82) is 0 Å². The zero-order valence-electron chi connectivity index (χ0n) is 10.3. The molecule has 0 spiro atoms. The fraction of sp³-hybridized carbons (Fsp3) is 0.538. The molecule has 0 N–H and O–H groups in total. The van der Waals surface area contributed by atoms with Crippen LogP contribution in [0.25, 0.3) is 0 Å². The van der Waals surface area contributed by atoms with Crippen LogP contribution in [0.5, 0.6) is 5.75 Å². The van der Waals surface area contributed by atoms with Crippen LogP contribution < -0.4 is 4.74 Å². The average molecular weight is 259 g/mol. The summed E-state index contributed by atoms with van der Waals surface area (Å²) in [5.74, 6) is 1.80. The number of thioether (sulfide) groups is 1. The van der Waals surface area contributed by atoms with Crippen molar-refractivity contribution in [2.24, 2.45) is 0 Å². The Hall–Kier alpha value is -0.340. The molecule has 0 aliphatic carbocycles. The van der Waals surface area contributed by atoms with Crippen molar-refractivity contribution in [3.63, 3.8) is 0 Å². The molecule has 0 bridgehead atoms. The number of methoxy groups -OCH3 is 1. The second-order valence-electron chi connectivity index (χ2n) is 4.66. The van der Waals surface area contributed by atoms with Crippen LogP contribution in [0.1, 0.15) is 31.7 Å². The van der Waals surface area contributed by atoms with E-state index >= 15 is 0 Å². The van der Waals surface area contributed by atoms with Gasteiger partial charge in [0.25, 0.3) is 0 Å². The highest BCUT2D eigenvalue weighted by Crippen LogP contribution is 2.32. The molecule has 1 rings (SSSR count). The van der Waals surface area contributed by atoms with Gasteiger partial charge in [-0.2, -0.15) is 11.8 Å². The van der Waals surface area contributed by atoms with Crippen molar-refractivity contribution < 1.29 is 4.74 Å². The highest BCUT2D eigenvalue weighted by atomic mass is 35.5. The summed E-state index contributed by atoms with van der Waals surface area (Å²) in [5.41, 5.74) is 1.15. The molecule has 0 aliphatic heterocycles. The summed E-state index contributed by atoms with van der Waals surface area (Å²) in [4.78, 5) is 0. The van der Waals surface area contributed by atoms with Crippen molar-refractivity contribution in [1.82, 2.24) is 0 Å². The number of ether oxygens (including phenoxy) is 1. The van der Waals surface area contributed by atoms with Crippen LogP contribution >= 0.6 is 23.4 Å². The number of hydrogen-bond acceptors (Lipinski definition) is 2. The van der Waals surface area contributed by atoms with E-state index in [2.05, 4.69) is 20.8 Å². The summed E-state index contributed by atoms with van der Waals surface area (Å²) in [6, 6.07) is 7.96. The topological polar surface area (TPSA) is 9.23 Å². The molecule has 3 heteroatoms. The van der Waals surface area contributed by atoms with E-state index in [4.69, 9.17) is 16.3 Å². The summed E-state index contributed by atoms with van der Waals surface area (Å²) in [6.45, 7) is 6.61. The van der Waals surface area contributed by atoms with Gasteiger partial charge in [0.05, 0.1) is 12.5 Å². The van der Waals surface area contributed by atoms with Crippen LogP contribution in [0.2, 0.25) is 0 Å². The lowest BCUT2D eigenvalue weighted by Gasteiger charge is -2.19. The lowest BCUT2D eigenvalue weighted by molar-refractivity contribution is 0.414. The molecule has 1 aromatic rings. The second kappa shape index (κ2) is 5.83. The van der Waals surface area contributed by atoms with Gasteiger partial charge in [0.15, 0.2) is 0 Å². The van der Waals surface area contributed by atoms with Crippen LogP contribution in [0, 0.1) is 0 Å². The maximum Gasteiger partial charge on any atom is 0.118 e. The number of hydrogen-bond donors (Lipinski definition) is 0. The standard InChI is InChI=1S/C13H19ClOS/c1-13(2,3)16-9-12(14)10-5-7-11(15-4)8-6-10/h5-8,12H,9H2,1-4H3. The molecule has 1 atom stereocenters. The van der Waals surface area contributed by atoms with Gasteiger partial charge in [-0.15, -0.1) is 11.6 Å². The zero-order chi connectivity index (χ0) is 12.2. The third kappa shape index (κ3) is 4.67. The monoisotopic (exact) mass is 258 g/mol. The Bertz CT molecular complexity index is 316. The summed E-state index contributed by atoms with van der Waals surface area (Å²) >= 11 is 8.23. The molecule has 16 heavy (non-hydrogen) atoms. The van der Waals surface area contributed by atoms with Crippen molar-refractivity contribution >= 4 is 23.4 Å². The molecule has 0 saturated heterocycles. The van der Waals surface area contributed by atoms with Crippen molar-refractivity contribution in [2.75, 3.05) is 12.9 Å². The van der Waals surface area contributed by atoms with Gasteiger partial charge in [-0.25, -0.2) is 0 Å². The minimum atomic E-state index is 0.0649. The largest absolute Gasteiger partial charge is 0.497 e. The zero-order valence-corrected chi connectivity index (χ0v) is 11.9. The van der Waals surface area contributed by atoms with Gasteiger partial charge in [0, 0.05) is 10.5 Å². The minimum Gasteiger partial charge on any atom is -0.497 e. The van der Waals surface area contributed by atoms with Crippen molar-refractivity contribution in [2.45, 2.75) is 30.9 Å². The first-order valence-corrected chi connectivity index (χ1v) is 6.76. The molecule has 0 heterocycles. The molecule has 1 nitrogen and oxygen atoms in total. The van der Waals surface area contributed by atoms with Gasteiger partial charge >= 0.3 is 0 Å². The molecule has 0 aliphatic rings. The van der Waals surface area contributed by atoms with Gasteiger partial charge in [-0.3, -0.25) is 0 Å².